The van der Waals surface area contributed by atoms with Gasteiger partial charge < -0.3 is 0 Å². The van der Waals surface area contributed by atoms with Crippen molar-refractivity contribution in [1.82, 2.24) is 0 Å². The fraction of sp³-hybridized carbons (Fsp3) is 0. The fourth-order valence-electron chi connectivity index (χ4n) is 0.884. The van der Waals surface area contributed by atoms with Crippen LogP contribution < -0.4 is 9.86 Å². The van der Waals surface area contributed by atoms with E-state index in [2.05, 4.69) is 15.9 Å². The SMILES string of the molecule is NS(=O)(=O)Nc1ccc(S(=O)(=O)Cl)cc1Br. The third kappa shape index (κ3) is 3.91. The molecular weight excluding hydrogens is 344 g/mol. The molecule has 1 rings (SSSR count). The Morgan fingerprint density at radius 2 is 1.81 bits per heavy atom. The third-order valence-electron chi connectivity index (χ3n) is 1.47. The molecule has 0 atom stereocenters. The molecule has 1 aromatic carbocycles. The Morgan fingerprint density at radius 1 is 1.25 bits per heavy atom. The van der Waals surface area contributed by atoms with Gasteiger partial charge in [-0.3, -0.25) is 4.72 Å². The van der Waals surface area contributed by atoms with E-state index in [4.69, 9.17) is 15.8 Å². The summed E-state index contributed by atoms with van der Waals surface area (Å²) in [6.45, 7) is 0. The summed E-state index contributed by atoms with van der Waals surface area (Å²) in [4.78, 5) is -0.152. The van der Waals surface area contributed by atoms with E-state index in [9.17, 15) is 16.8 Å². The zero-order chi connectivity index (χ0) is 12.6. The summed E-state index contributed by atoms with van der Waals surface area (Å²) < 4.78 is 45.6. The lowest BCUT2D eigenvalue weighted by Crippen LogP contribution is -2.21. The minimum absolute atomic E-state index is 0.117. The molecule has 0 saturated heterocycles. The van der Waals surface area contributed by atoms with Crippen molar-refractivity contribution in [2.45, 2.75) is 4.90 Å². The van der Waals surface area contributed by atoms with Gasteiger partial charge in [-0.05, 0) is 34.1 Å². The molecule has 0 aliphatic rings. The van der Waals surface area contributed by atoms with E-state index in [1.54, 1.807) is 0 Å². The van der Waals surface area contributed by atoms with E-state index in [0.29, 0.717) is 0 Å². The molecule has 0 bridgehead atoms. The Hall–Kier alpha value is -0.350. The van der Waals surface area contributed by atoms with Crippen LogP contribution in [0.1, 0.15) is 0 Å². The quantitative estimate of drug-likeness (QED) is 0.794. The summed E-state index contributed by atoms with van der Waals surface area (Å²) in [7, 11) is -2.66. The van der Waals surface area contributed by atoms with Gasteiger partial charge in [0.25, 0.3) is 19.3 Å². The van der Waals surface area contributed by atoms with Crippen LogP contribution in [-0.2, 0) is 19.3 Å². The monoisotopic (exact) mass is 348 g/mol. The standard InChI is InChI=1S/C6H6BrClN2O4S2/c7-5-3-4(15(8,11)12)1-2-6(5)10-16(9,13)14/h1-3,10H,(H2,9,13,14). The van der Waals surface area contributed by atoms with Gasteiger partial charge in [0.15, 0.2) is 0 Å². The molecule has 0 radical (unpaired) electrons. The molecule has 0 aromatic heterocycles. The second kappa shape index (κ2) is 4.49. The van der Waals surface area contributed by atoms with E-state index in [1.165, 1.54) is 6.07 Å². The topological polar surface area (TPSA) is 106 Å². The van der Waals surface area contributed by atoms with Crippen LogP contribution in [0.15, 0.2) is 27.6 Å². The van der Waals surface area contributed by atoms with Crippen LogP contribution in [-0.4, -0.2) is 16.8 Å². The molecule has 0 saturated carbocycles. The number of halogens is 2. The smallest absolute Gasteiger partial charge is 0.270 e. The molecule has 0 aliphatic heterocycles. The predicted octanol–water partition coefficient (Wildman–Crippen LogP) is 0.992. The Kier molecular flexibility index (Phi) is 3.85. The Labute approximate surface area is 106 Å². The van der Waals surface area contributed by atoms with Crippen molar-refractivity contribution in [3.63, 3.8) is 0 Å². The highest BCUT2D eigenvalue weighted by atomic mass is 79.9. The highest BCUT2D eigenvalue weighted by molar-refractivity contribution is 9.10. The first-order valence-corrected chi connectivity index (χ1v) is 8.29. The number of nitrogens with one attached hydrogen (secondary N) is 1. The van der Waals surface area contributed by atoms with E-state index < -0.39 is 19.3 Å². The van der Waals surface area contributed by atoms with Crippen molar-refractivity contribution >= 4 is 51.6 Å². The highest BCUT2D eigenvalue weighted by Gasteiger charge is 2.13. The summed E-state index contributed by atoms with van der Waals surface area (Å²) in [6, 6.07) is 3.54. The predicted molar refractivity (Wildman–Crippen MR) is 63.9 cm³/mol. The molecule has 0 amide bonds. The lowest BCUT2D eigenvalue weighted by molar-refractivity contribution is 0.602. The lowest BCUT2D eigenvalue weighted by atomic mass is 10.3. The molecule has 0 fully saturated rings. The summed E-state index contributed by atoms with van der Waals surface area (Å²) in [6.07, 6.45) is 0. The second-order valence-electron chi connectivity index (χ2n) is 2.73. The molecular formula is C6H6BrClN2O4S2. The van der Waals surface area contributed by atoms with Gasteiger partial charge in [-0.1, -0.05) is 0 Å². The number of benzene rings is 1. The van der Waals surface area contributed by atoms with Crippen molar-refractivity contribution in [1.29, 1.82) is 0 Å². The molecule has 16 heavy (non-hydrogen) atoms. The molecule has 1 aromatic rings. The Morgan fingerprint density at radius 3 is 2.19 bits per heavy atom. The zero-order valence-electron chi connectivity index (χ0n) is 7.51. The van der Waals surface area contributed by atoms with E-state index in [1.807, 2.05) is 4.72 Å². The molecule has 6 nitrogen and oxygen atoms in total. The molecule has 0 heterocycles. The van der Waals surface area contributed by atoms with Crippen molar-refractivity contribution in [3.05, 3.63) is 22.7 Å². The third-order valence-corrected chi connectivity index (χ3v) is 3.99. The average molecular weight is 350 g/mol. The van der Waals surface area contributed by atoms with Gasteiger partial charge in [-0.25, -0.2) is 13.6 Å². The normalized spacial score (nSPS) is 12.4. The summed E-state index contributed by atoms with van der Waals surface area (Å²) in [5.74, 6) is 0. The first kappa shape index (κ1) is 13.7. The maximum Gasteiger partial charge on any atom is 0.296 e. The van der Waals surface area contributed by atoms with E-state index in [-0.39, 0.29) is 15.1 Å². The van der Waals surface area contributed by atoms with Gasteiger partial charge in [0.2, 0.25) is 0 Å². The summed E-state index contributed by atoms with van der Waals surface area (Å²) >= 11 is 2.99. The Balaban J connectivity index is 3.21. The van der Waals surface area contributed by atoms with Crippen LogP contribution in [0.4, 0.5) is 5.69 Å². The van der Waals surface area contributed by atoms with Gasteiger partial charge >= 0.3 is 0 Å². The molecule has 3 N–H and O–H groups in total. The summed E-state index contributed by atoms with van der Waals surface area (Å²) in [5.41, 5.74) is 0.117. The first-order valence-electron chi connectivity index (χ1n) is 3.64. The minimum Gasteiger partial charge on any atom is -0.270 e. The van der Waals surface area contributed by atoms with Crippen molar-refractivity contribution < 1.29 is 16.8 Å². The largest absolute Gasteiger partial charge is 0.296 e. The zero-order valence-corrected chi connectivity index (χ0v) is 11.5. The Bertz CT molecular complexity index is 613. The number of hydrogen-bond acceptors (Lipinski definition) is 4. The maximum absolute atomic E-state index is 11.0. The highest BCUT2D eigenvalue weighted by Crippen LogP contribution is 2.27. The van der Waals surface area contributed by atoms with Crippen LogP contribution in [0.25, 0.3) is 0 Å². The van der Waals surface area contributed by atoms with Crippen LogP contribution in [0.3, 0.4) is 0 Å². The number of rotatable bonds is 3. The number of nitrogens with two attached hydrogens (primary N) is 1. The van der Waals surface area contributed by atoms with Crippen LogP contribution >= 0.6 is 26.6 Å². The van der Waals surface area contributed by atoms with Gasteiger partial charge in [-0.15, -0.1) is 0 Å². The van der Waals surface area contributed by atoms with Crippen molar-refractivity contribution in [2.24, 2.45) is 5.14 Å². The van der Waals surface area contributed by atoms with Crippen LogP contribution in [0, 0.1) is 0 Å². The molecule has 90 valence electrons. The molecule has 0 aliphatic carbocycles. The first-order chi connectivity index (χ1) is 7.09. The van der Waals surface area contributed by atoms with E-state index in [0.717, 1.165) is 12.1 Å². The van der Waals surface area contributed by atoms with Crippen molar-refractivity contribution in [2.75, 3.05) is 4.72 Å². The second-order valence-corrected chi connectivity index (χ2v) is 7.44. The van der Waals surface area contributed by atoms with Gasteiger partial charge in [0, 0.05) is 15.2 Å². The number of hydrogen-bond donors (Lipinski definition) is 2. The number of anilines is 1. The van der Waals surface area contributed by atoms with Crippen LogP contribution in [0.5, 0.6) is 0 Å². The van der Waals surface area contributed by atoms with Gasteiger partial charge in [0.1, 0.15) is 0 Å². The lowest BCUT2D eigenvalue weighted by Gasteiger charge is -2.06. The van der Waals surface area contributed by atoms with Gasteiger partial charge in [0.05, 0.1) is 10.6 Å². The summed E-state index contributed by atoms with van der Waals surface area (Å²) in [5, 5.41) is 4.76. The van der Waals surface area contributed by atoms with E-state index >= 15 is 0 Å². The van der Waals surface area contributed by atoms with Crippen molar-refractivity contribution in [3.8, 4) is 0 Å². The van der Waals surface area contributed by atoms with Crippen LogP contribution in [0.2, 0.25) is 0 Å². The molecule has 0 spiro atoms. The average Bonchev–Trinajstić information content (AvgIpc) is 2.04. The molecule has 10 heteroatoms. The maximum atomic E-state index is 11.0. The molecule has 0 unspecified atom stereocenters. The van der Waals surface area contributed by atoms with Gasteiger partial charge in [-0.2, -0.15) is 8.42 Å². The fourth-order valence-corrected chi connectivity index (χ4v) is 2.91. The minimum atomic E-state index is -3.91.